The highest BCUT2D eigenvalue weighted by atomic mass is 31.2. The summed E-state index contributed by atoms with van der Waals surface area (Å²) in [5, 5.41) is 4.57. The van der Waals surface area contributed by atoms with Crippen LogP contribution in [0.5, 0.6) is 0 Å². The molecule has 2 aromatic rings. The Balaban J connectivity index is 1.86. The maximum atomic E-state index is 12.6. The number of anilines is 1. The van der Waals surface area contributed by atoms with Gasteiger partial charge in [0.25, 0.3) is 0 Å². The molecule has 170 valence electrons. The van der Waals surface area contributed by atoms with E-state index in [1.54, 1.807) is 42.5 Å². The molecule has 1 aliphatic heterocycles. The van der Waals surface area contributed by atoms with Gasteiger partial charge in [-0.1, -0.05) is 48.5 Å². The summed E-state index contributed by atoms with van der Waals surface area (Å²) in [5.74, 6) is -0.0825. The van der Waals surface area contributed by atoms with Crippen molar-refractivity contribution in [3.8, 4) is 0 Å². The van der Waals surface area contributed by atoms with E-state index < -0.39 is 30.9 Å². The zero-order chi connectivity index (χ0) is 23.4. The Morgan fingerprint density at radius 3 is 2.34 bits per heavy atom. The number of carbonyl (C=O) groups is 2. The molecule has 0 bridgehead atoms. The first kappa shape index (κ1) is 23.6. The molecule has 0 saturated carbocycles. The maximum absolute atomic E-state index is 12.6. The van der Waals surface area contributed by atoms with Crippen LogP contribution in [0.25, 0.3) is 0 Å². The van der Waals surface area contributed by atoms with Gasteiger partial charge in [-0.3, -0.25) is 9.40 Å². The normalized spacial score (nSPS) is 18.0. The van der Waals surface area contributed by atoms with Crippen molar-refractivity contribution in [2.45, 2.75) is 38.1 Å². The third kappa shape index (κ3) is 5.80. The van der Waals surface area contributed by atoms with Crippen LogP contribution in [0.1, 0.15) is 25.8 Å². The Bertz CT molecular complexity index is 1040. The summed E-state index contributed by atoms with van der Waals surface area (Å²) in [4.78, 5) is 54.1. The summed E-state index contributed by atoms with van der Waals surface area (Å²) in [6, 6.07) is 15.3. The van der Waals surface area contributed by atoms with Crippen molar-refractivity contribution in [3.63, 3.8) is 0 Å². The highest BCUT2D eigenvalue weighted by molar-refractivity contribution is 7.53. The van der Waals surface area contributed by atoms with Crippen molar-refractivity contribution in [2.75, 3.05) is 5.32 Å². The molecule has 0 radical (unpaired) electrons. The van der Waals surface area contributed by atoms with E-state index in [2.05, 4.69) is 15.6 Å². The minimum Gasteiger partial charge on any atom is -0.326 e. The lowest BCUT2D eigenvalue weighted by Crippen LogP contribution is -2.38. The van der Waals surface area contributed by atoms with Gasteiger partial charge in [0.05, 0.1) is 11.2 Å². The van der Waals surface area contributed by atoms with E-state index in [9.17, 15) is 23.9 Å². The van der Waals surface area contributed by atoms with Crippen LogP contribution in [0.4, 0.5) is 15.3 Å². The topological polar surface area (TPSA) is 141 Å². The van der Waals surface area contributed by atoms with Gasteiger partial charge < -0.3 is 20.4 Å². The number of para-hydroxylation sites is 1. The number of nitrogens with one attached hydrogen (secondary N) is 2. The standard InChI is InChI=1S/C21H25N4O6P/c1-21(2,32(28,29)30)13-17-18(24-19(26)22-16-11-7-4-8-12-16)25(20(27)23-17)31-14-15-9-5-3-6-10-15/h3-12,17H,13-14H2,1-2H3,(H,22,26)(H,23,27)(H2,28,29,30)/b24-18+. The van der Waals surface area contributed by atoms with Crippen molar-refractivity contribution in [3.05, 3.63) is 66.2 Å². The number of carbonyl (C=O) groups excluding carboxylic acids is 2. The number of urea groups is 2. The summed E-state index contributed by atoms with van der Waals surface area (Å²) < 4.78 is 11.9. The number of aliphatic imine (C=N–C) groups is 1. The molecule has 1 saturated heterocycles. The first-order valence-corrected chi connectivity index (χ1v) is 11.5. The van der Waals surface area contributed by atoms with E-state index >= 15 is 0 Å². The van der Waals surface area contributed by atoms with Gasteiger partial charge in [0.15, 0.2) is 5.84 Å². The Morgan fingerprint density at radius 2 is 1.75 bits per heavy atom. The molecular formula is C21H25N4O6P. The first-order valence-electron chi connectivity index (χ1n) is 9.84. The second-order valence-electron chi connectivity index (χ2n) is 7.88. The van der Waals surface area contributed by atoms with E-state index in [4.69, 9.17) is 4.84 Å². The van der Waals surface area contributed by atoms with Crippen molar-refractivity contribution < 1.29 is 28.8 Å². The zero-order valence-corrected chi connectivity index (χ0v) is 18.5. The second kappa shape index (κ2) is 9.62. The van der Waals surface area contributed by atoms with Gasteiger partial charge in [-0.05, 0) is 38.0 Å². The van der Waals surface area contributed by atoms with Crippen LogP contribution in [0.2, 0.25) is 0 Å². The smallest absolute Gasteiger partial charge is 0.326 e. The van der Waals surface area contributed by atoms with Gasteiger partial charge in [-0.25, -0.2) is 9.59 Å². The number of benzene rings is 2. The fourth-order valence-corrected chi connectivity index (χ4v) is 3.44. The molecule has 4 N–H and O–H groups in total. The molecule has 1 atom stereocenters. The minimum atomic E-state index is -4.51. The van der Waals surface area contributed by atoms with Crippen LogP contribution in [-0.4, -0.2) is 43.9 Å². The van der Waals surface area contributed by atoms with Crippen LogP contribution < -0.4 is 10.6 Å². The molecule has 3 rings (SSSR count). The molecule has 1 aliphatic rings. The fourth-order valence-electron chi connectivity index (χ4n) is 3.02. The summed E-state index contributed by atoms with van der Waals surface area (Å²) in [5.41, 5.74) is 1.29. The predicted octanol–water partition coefficient (Wildman–Crippen LogP) is 3.49. The van der Waals surface area contributed by atoms with E-state index in [0.29, 0.717) is 5.69 Å². The van der Waals surface area contributed by atoms with Crippen LogP contribution >= 0.6 is 7.60 Å². The third-order valence-electron chi connectivity index (χ3n) is 4.94. The molecule has 2 aromatic carbocycles. The highest BCUT2D eigenvalue weighted by Crippen LogP contribution is 2.52. The maximum Gasteiger partial charge on any atom is 0.348 e. The third-order valence-corrected chi connectivity index (χ3v) is 6.70. The van der Waals surface area contributed by atoms with Gasteiger partial charge in [-0.15, -0.1) is 0 Å². The Morgan fingerprint density at radius 1 is 1.16 bits per heavy atom. The monoisotopic (exact) mass is 460 g/mol. The molecule has 0 aromatic heterocycles. The fraction of sp³-hybridized carbons (Fsp3) is 0.286. The molecule has 1 heterocycles. The van der Waals surface area contributed by atoms with Gasteiger partial charge in [0.1, 0.15) is 6.61 Å². The molecule has 10 nitrogen and oxygen atoms in total. The molecule has 32 heavy (non-hydrogen) atoms. The SMILES string of the molecule is CC(C)(CC1NC(=O)N(OCc2ccccc2)/C1=N/C(=O)Nc1ccccc1)P(=O)(O)O. The summed E-state index contributed by atoms with van der Waals surface area (Å²) in [6.45, 7) is 2.80. The summed E-state index contributed by atoms with van der Waals surface area (Å²) >= 11 is 0. The Labute approximate surface area is 185 Å². The van der Waals surface area contributed by atoms with Crippen LogP contribution in [-0.2, 0) is 16.0 Å². The van der Waals surface area contributed by atoms with Gasteiger partial charge >= 0.3 is 19.7 Å². The van der Waals surface area contributed by atoms with Crippen LogP contribution in [0.3, 0.4) is 0 Å². The molecule has 0 spiro atoms. The Kier molecular flexibility index (Phi) is 7.10. The number of nitrogens with zero attached hydrogens (tertiary/aromatic N) is 2. The average Bonchev–Trinajstić information content (AvgIpc) is 3.00. The number of rotatable bonds is 7. The number of amides is 4. The van der Waals surface area contributed by atoms with Gasteiger partial charge in [0, 0.05) is 5.69 Å². The lowest BCUT2D eigenvalue weighted by atomic mass is 10.0. The number of hydroxylamine groups is 2. The van der Waals surface area contributed by atoms with Crippen molar-refractivity contribution >= 4 is 31.2 Å². The Hall–Kier alpha value is -3.04. The quantitative estimate of drug-likeness (QED) is 0.466. The first-order chi connectivity index (χ1) is 15.1. The zero-order valence-electron chi connectivity index (χ0n) is 17.6. The van der Waals surface area contributed by atoms with E-state index in [-0.39, 0.29) is 18.9 Å². The number of hydrogen-bond donors (Lipinski definition) is 4. The average molecular weight is 460 g/mol. The van der Waals surface area contributed by atoms with Crippen LogP contribution in [0, 0.1) is 0 Å². The largest absolute Gasteiger partial charge is 0.348 e. The molecule has 4 amide bonds. The van der Waals surface area contributed by atoms with E-state index in [0.717, 1.165) is 10.6 Å². The summed E-state index contributed by atoms with van der Waals surface area (Å²) in [7, 11) is -4.51. The minimum absolute atomic E-state index is 0.0300. The molecule has 1 unspecified atom stereocenters. The van der Waals surface area contributed by atoms with Gasteiger partial charge in [0.2, 0.25) is 0 Å². The molecule has 1 fully saturated rings. The van der Waals surface area contributed by atoms with Crippen molar-refractivity contribution in [1.82, 2.24) is 10.4 Å². The number of amidine groups is 1. The molecular weight excluding hydrogens is 435 g/mol. The van der Waals surface area contributed by atoms with Crippen molar-refractivity contribution in [1.29, 1.82) is 0 Å². The van der Waals surface area contributed by atoms with Gasteiger partial charge in [-0.2, -0.15) is 10.1 Å². The van der Waals surface area contributed by atoms with Crippen LogP contribution in [0.15, 0.2) is 65.7 Å². The number of hydrogen-bond acceptors (Lipinski definition) is 4. The molecule has 11 heteroatoms. The highest BCUT2D eigenvalue weighted by Gasteiger charge is 2.46. The lowest BCUT2D eigenvalue weighted by Gasteiger charge is -2.28. The summed E-state index contributed by atoms with van der Waals surface area (Å²) in [6.07, 6.45) is -0.161. The lowest BCUT2D eigenvalue weighted by molar-refractivity contribution is -0.0677. The second-order valence-corrected chi connectivity index (χ2v) is 10.2. The molecule has 0 aliphatic carbocycles. The predicted molar refractivity (Wildman–Crippen MR) is 119 cm³/mol. The van der Waals surface area contributed by atoms with Crippen molar-refractivity contribution in [2.24, 2.45) is 4.99 Å². The van der Waals surface area contributed by atoms with E-state index in [1.165, 1.54) is 13.8 Å². The van der Waals surface area contributed by atoms with E-state index in [1.807, 2.05) is 18.2 Å².